The predicted molar refractivity (Wildman–Crippen MR) is 119 cm³/mol. The smallest absolute Gasteiger partial charge is 0.191 e. The lowest BCUT2D eigenvalue weighted by Crippen LogP contribution is -1.97. The zero-order valence-electron chi connectivity index (χ0n) is 16.7. The normalized spacial score (nSPS) is 11.4. The molecule has 3 aromatic heterocycles. The van der Waals surface area contributed by atoms with Crippen molar-refractivity contribution >= 4 is 16.4 Å². The van der Waals surface area contributed by atoms with Crippen LogP contribution < -0.4 is 0 Å². The summed E-state index contributed by atoms with van der Waals surface area (Å²) in [5.74, 6) is 1.28. The van der Waals surface area contributed by atoms with Gasteiger partial charge in [0.1, 0.15) is 11.5 Å². The number of rotatable bonds is 3. The second-order valence-electron chi connectivity index (χ2n) is 7.36. The highest BCUT2D eigenvalue weighted by Gasteiger charge is 2.23. The van der Waals surface area contributed by atoms with E-state index in [1.807, 2.05) is 67.7 Å². The van der Waals surface area contributed by atoms with Crippen molar-refractivity contribution in [3.05, 3.63) is 90.8 Å². The summed E-state index contributed by atoms with van der Waals surface area (Å²) in [7, 11) is 0. The van der Waals surface area contributed by atoms with Gasteiger partial charge in [0, 0.05) is 16.3 Å². The third-order valence-corrected chi connectivity index (χ3v) is 5.51. The maximum Gasteiger partial charge on any atom is 0.191 e. The first-order valence-corrected chi connectivity index (χ1v) is 10.0. The number of aromatic nitrogens is 5. The Hall–Kier alpha value is -4.32. The van der Waals surface area contributed by atoms with E-state index in [4.69, 9.17) is 9.62 Å². The number of aryl methyl sites for hydroxylation is 1. The summed E-state index contributed by atoms with van der Waals surface area (Å²) in [6, 6.07) is 26.4. The minimum atomic E-state index is 0.611. The Labute approximate surface area is 177 Å². The van der Waals surface area contributed by atoms with E-state index >= 15 is 0 Å². The van der Waals surface area contributed by atoms with Crippen molar-refractivity contribution in [2.75, 3.05) is 0 Å². The first kappa shape index (κ1) is 17.5. The standard InChI is InChI=1S/C25H17N5O/c1-16-22(23(29-31-16)18-11-6-3-7-12-18)25-28-27-24-20-14-8-13-19(17-9-4-2-5-10-17)21(20)15-26-30(24)25/h2-15H,1H3. The Morgan fingerprint density at radius 2 is 1.48 bits per heavy atom. The first-order valence-electron chi connectivity index (χ1n) is 10.0. The van der Waals surface area contributed by atoms with Gasteiger partial charge in [-0.1, -0.05) is 84.0 Å². The Kier molecular flexibility index (Phi) is 3.89. The van der Waals surface area contributed by atoms with E-state index in [1.54, 1.807) is 4.52 Å². The molecule has 31 heavy (non-hydrogen) atoms. The molecule has 0 aliphatic heterocycles. The molecule has 0 atom stereocenters. The Bertz CT molecular complexity index is 1530. The number of hydrogen-bond donors (Lipinski definition) is 0. The summed E-state index contributed by atoms with van der Waals surface area (Å²) in [5.41, 5.74) is 5.43. The van der Waals surface area contributed by atoms with Gasteiger partial charge in [0.05, 0.1) is 11.8 Å². The van der Waals surface area contributed by atoms with Crippen LogP contribution in [-0.4, -0.2) is 25.0 Å². The Balaban J connectivity index is 1.59. The molecule has 0 aliphatic carbocycles. The minimum Gasteiger partial charge on any atom is -0.360 e. The minimum absolute atomic E-state index is 0.611. The quantitative estimate of drug-likeness (QED) is 0.386. The number of benzene rings is 3. The lowest BCUT2D eigenvalue weighted by molar-refractivity contribution is 0.400. The molecular formula is C25H17N5O. The van der Waals surface area contributed by atoms with Crippen LogP contribution in [-0.2, 0) is 0 Å². The van der Waals surface area contributed by atoms with Gasteiger partial charge in [-0.25, -0.2) is 0 Å². The fourth-order valence-corrected chi connectivity index (χ4v) is 4.03. The van der Waals surface area contributed by atoms with Crippen molar-refractivity contribution in [1.82, 2.24) is 25.0 Å². The van der Waals surface area contributed by atoms with Crippen molar-refractivity contribution < 1.29 is 4.52 Å². The average molecular weight is 403 g/mol. The predicted octanol–water partition coefficient (Wildman–Crippen LogP) is 5.57. The third kappa shape index (κ3) is 2.73. The maximum atomic E-state index is 5.53. The molecule has 3 aromatic carbocycles. The molecule has 0 amide bonds. The van der Waals surface area contributed by atoms with Crippen LogP contribution in [0, 0.1) is 6.92 Å². The monoisotopic (exact) mass is 403 g/mol. The van der Waals surface area contributed by atoms with E-state index in [9.17, 15) is 0 Å². The van der Waals surface area contributed by atoms with Crippen molar-refractivity contribution in [3.63, 3.8) is 0 Å². The molecule has 0 bridgehead atoms. The molecule has 0 radical (unpaired) electrons. The van der Waals surface area contributed by atoms with Crippen LogP contribution in [0.2, 0.25) is 0 Å². The molecule has 0 N–H and O–H groups in total. The molecule has 6 nitrogen and oxygen atoms in total. The first-order chi connectivity index (χ1) is 15.3. The lowest BCUT2D eigenvalue weighted by atomic mass is 10.0. The lowest BCUT2D eigenvalue weighted by Gasteiger charge is -2.07. The van der Waals surface area contributed by atoms with E-state index in [2.05, 4.69) is 39.6 Å². The maximum absolute atomic E-state index is 5.53. The average Bonchev–Trinajstić information content (AvgIpc) is 3.43. The van der Waals surface area contributed by atoms with Crippen LogP contribution in [0.4, 0.5) is 0 Å². The fraction of sp³-hybridized carbons (Fsp3) is 0.0400. The molecule has 6 aromatic rings. The topological polar surface area (TPSA) is 69.1 Å². The summed E-state index contributed by atoms with van der Waals surface area (Å²) in [4.78, 5) is 0. The molecule has 3 heterocycles. The van der Waals surface area contributed by atoms with Crippen LogP contribution in [0.5, 0.6) is 0 Å². The fourth-order valence-electron chi connectivity index (χ4n) is 4.03. The van der Waals surface area contributed by atoms with Gasteiger partial charge in [-0.3, -0.25) is 0 Å². The molecular weight excluding hydrogens is 386 g/mol. The molecule has 6 heteroatoms. The van der Waals surface area contributed by atoms with Crippen molar-refractivity contribution in [2.45, 2.75) is 6.92 Å². The Morgan fingerprint density at radius 3 is 2.26 bits per heavy atom. The van der Waals surface area contributed by atoms with Crippen molar-refractivity contribution in [1.29, 1.82) is 0 Å². The highest BCUT2D eigenvalue weighted by Crippen LogP contribution is 2.35. The van der Waals surface area contributed by atoms with Crippen LogP contribution >= 0.6 is 0 Å². The molecule has 6 rings (SSSR count). The second-order valence-corrected chi connectivity index (χ2v) is 7.36. The van der Waals surface area contributed by atoms with Crippen LogP contribution in [0.25, 0.3) is 50.2 Å². The zero-order chi connectivity index (χ0) is 20.8. The number of nitrogens with zero attached hydrogens (tertiary/aromatic N) is 5. The molecule has 148 valence electrons. The second kappa shape index (κ2) is 6.88. The van der Waals surface area contributed by atoms with Gasteiger partial charge in [0.15, 0.2) is 11.5 Å². The highest BCUT2D eigenvalue weighted by atomic mass is 16.5. The summed E-state index contributed by atoms with van der Waals surface area (Å²) < 4.78 is 7.30. The van der Waals surface area contributed by atoms with Crippen molar-refractivity contribution in [3.8, 4) is 33.8 Å². The van der Waals surface area contributed by atoms with E-state index in [0.717, 1.165) is 38.7 Å². The number of fused-ring (bicyclic) bond motifs is 3. The molecule has 0 fully saturated rings. The molecule has 0 unspecified atom stereocenters. The van der Waals surface area contributed by atoms with Gasteiger partial charge in [-0.2, -0.15) is 9.61 Å². The van der Waals surface area contributed by atoms with E-state index in [-0.39, 0.29) is 0 Å². The molecule has 0 aliphatic rings. The summed E-state index contributed by atoms with van der Waals surface area (Å²) >= 11 is 0. The van der Waals surface area contributed by atoms with Gasteiger partial charge >= 0.3 is 0 Å². The largest absolute Gasteiger partial charge is 0.360 e. The zero-order valence-corrected chi connectivity index (χ0v) is 16.7. The molecule has 0 saturated carbocycles. The SMILES string of the molecule is Cc1onc(-c2ccccc2)c1-c1nnc2c3cccc(-c4ccccc4)c3cnn12. The highest BCUT2D eigenvalue weighted by molar-refractivity contribution is 6.02. The van der Waals surface area contributed by atoms with Gasteiger partial charge < -0.3 is 4.52 Å². The van der Waals surface area contributed by atoms with Gasteiger partial charge in [0.25, 0.3) is 0 Å². The van der Waals surface area contributed by atoms with E-state index in [1.165, 1.54) is 0 Å². The summed E-state index contributed by atoms with van der Waals surface area (Å²) in [5, 5.41) is 20.0. The van der Waals surface area contributed by atoms with E-state index in [0.29, 0.717) is 17.2 Å². The third-order valence-electron chi connectivity index (χ3n) is 5.51. The van der Waals surface area contributed by atoms with Gasteiger partial charge in [-0.15, -0.1) is 10.2 Å². The summed E-state index contributed by atoms with van der Waals surface area (Å²) in [6.07, 6.45) is 1.88. The van der Waals surface area contributed by atoms with Crippen LogP contribution in [0.15, 0.2) is 89.6 Å². The van der Waals surface area contributed by atoms with Crippen LogP contribution in [0.1, 0.15) is 5.76 Å². The van der Waals surface area contributed by atoms with Gasteiger partial charge in [-0.05, 0) is 18.1 Å². The van der Waals surface area contributed by atoms with Crippen LogP contribution in [0.3, 0.4) is 0 Å². The van der Waals surface area contributed by atoms with Gasteiger partial charge in [0.2, 0.25) is 0 Å². The Morgan fingerprint density at radius 1 is 0.742 bits per heavy atom. The van der Waals surface area contributed by atoms with Crippen molar-refractivity contribution in [2.24, 2.45) is 0 Å². The summed E-state index contributed by atoms with van der Waals surface area (Å²) in [6.45, 7) is 1.88. The van der Waals surface area contributed by atoms with E-state index < -0.39 is 0 Å². The molecule has 0 spiro atoms. The molecule has 0 saturated heterocycles. The number of hydrogen-bond acceptors (Lipinski definition) is 5.